The normalized spacial score (nSPS) is 38.5. The number of hydrogen-bond acceptors (Lipinski definition) is 2. The second-order valence-electron chi connectivity index (χ2n) is 3.03. The Morgan fingerprint density at radius 2 is 2.45 bits per heavy atom. The minimum Gasteiger partial charge on any atom is -0.481 e. The van der Waals surface area contributed by atoms with Crippen molar-refractivity contribution in [3.8, 4) is 0 Å². The summed E-state index contributed by atoms with van der Waals surface area (Å²) in [7, 11) is 0. The lowest BCUT2D eigenvalue weighted by Crippen LogP contribution is -2.42. The van der Waals surface area contributed by atoms with Crippen LogP contribution in [0.15, 0.2) is 0 Å². The molecule has 2 nitrogen and oxygen atoms in total. The molecule has 0 aromatic rings. The van der Waals surface area contributed by atoms with Crippen LogP contribution in [-0.4, -0.2) is 28.8 Å². The molecule has 1 rings (SSSR count). The van der Waals surface area contributed by atoms with Crippen molar-refractivity contribution in [3.05, 3.63) is 0 Å². The molecule has 2 unspecified atom stereocenters. The topological polar surface area (TPSA) is 37.3 Å². The van der Waals surface area contributed by atoms with Crippen LogP contribution < -0.4 is 0 Å². The highest BCUT2D eigenvalue weighted by atomic mass is 32.2. The van der Waals surface area contributed by atoms with Crippen molar-refractivity contribution in [2.24, 2.45) is 5.41 Å². The molecule has 1 saturated heterocycles. The summed E-state index contributed by atoms with van der Waals surface area (Å²) < 4.78 is 13.1. The van der Waals surface area contributed by atoms with E-state index in [2.05, 4.69) is 0 Å². The molecule has 0 bridgehead atoms. The Morgan fingerprint density at radius 3 is 2.82 bits per heavy atom. The Labute approximate surface area is 69.2 Å². The third-order valence-electron chi connectivity index (χ3n) is 2.10. The van der Waals surface area contributed by atoms with E-state index >= 15 is 0 Å². The zero-order valence-electron chi connectivity index (χ0n) is 6.34. The fourth-order valence-corrected chi connectivity index (χ4v) is 2.32. The molecule has 0 amide bonds. The van der Waals surface area contributed by atoms with Crippen molar-refractivity contribution >= 4 is 17.7 Å². The van der Waals surface area contributed by atoms with Crippen LogP contribution in [0.5, 0.6) is 0 Å². The van der Waals surface area contributed by atoms with E-state index in [0.29, 0.717) is 12.2 Å². The van der Waals surface area contributed by atoms with E-state index in [-0.39, 0.29) is 0 Å². The van der Waals surface area contributed by atoms with Crippen LogP contribution >= 0.6 is 11.8 Å². The highest BCUT2D eigenvalue weighted by molar-refractivity contribution is 7.99. The molecular weight excluding hydrogens is 167 g/mol. The predicted octanol–water partition coefficient (Wildman–Crippen LogP) is 1.55. The Balaban J connectivity index is 2.72. The zero-order chi connectivity index (χ0) is 8.48. The first-order valence-corrected chi connectivity index (χ1v) is 4.68. The van der Waals surface area contributed by atoms with Gasteiger partial charge in [0, 0.05) is 5.75 Å². The van der Waals surface area contributed by atoms with Gasteiger partial charge in [0.2, 0.25) is 0 Å². The maximum Gasteiger partial charge on any atom is 0.313 e. The maximum atomic E-state index is 13.1. The Bertz CT molecular complexity index is 174. The predicted molar refractivity (Wildman–Crippen MR) is 42.6 cm³/mol. The summed E-state index contributed by atoms with van der Waals surface area (Å²) in [5.41, 5.74) is -1.15. The van der Waals surface area contributed by atoms with Gasteiger partial charge in [0.1, 0.15) is 11.6 Å². The molecule has 1 fully saturated rings. The van der Waals surface area contributed by atoms with Gasteiger partial charge in [-0.2, -0.15) is 11.8 Å². The SMILES string of the molecule is CC1(C(=O)O)CSCCC1F. The number of alkyl halides is 1. The average Bonchev–Trinajstić information content (AvgIpc) is 1.95. The molecule has 1 aliphatic rings. The van der Waals surface area contributed by atoms with E-state index in [1.165, 1.54) is 18.7 Å². The summed E-state index contributed by atoms with van der Waals surface area (Å²) in [4.78, 5) is 10.6. The van der Waals surface area contributed by atoms with Crippen molar-refractivity contribution in [1.82, 2.24) is 0 Å². The Kier molecular flexibility index (Phi) is 2.42. The van der Waals surface area contributed by atoms with Gasteiger partial charge in [-0.05, 0) is 19.1 Å². The van der Waals surface area contributed by atoms with Gasteiger partial charge < -0.3 is 5.11 Å². The maximum absolute atomic E-state index is 13.1. The third-order valence-corrected chi connectivity index (χ3v) is 3.43. The van der Waals surface area contributed by atoms with Gasteiger partial charge in [0.25, 0.3) is 0 Å². The molecular formula is C7H11FO2S. The fraction of sp³-hybridized carbons (Fsp3) is 0.857. The quantitative estimate of drug-likeness (QED) is 0.662. The van der Waals surface area contributed by atoms with Crippen molar-refractivity contribution < 1.29 is 14.3 Å². The van der Waals surface area contributed by atoms with Crippen LogP contribution in [0.3, 0.4) is 0 Å². The third kappa shape index (κ3) is 1.50. The van der Waals surface area contributed by atoms with Crippen molar-refractivity contribution in [1.29, 1.82) is 0 Å². The van der Waals surface area contributed by atoms with Crippen LogP contribution in [0.1, 0.15) is 13.3 Å². The lowest BCUT2D eigenvalue weighted by atomic mass is 9.86. The van der Waals surface area contributed by atoms with Crippen LogP contribution in [-0.2, 0) is 4.79 Å². The monoisotopic (exact) mass is 178 g/mol. The smallest absolute Gasteiger partial charge is 0.313 e. The molecule has 64 valence electrons. The van der Waals surface area contributed by atoms with Crippen molar-refractivity contribution in [2.45, 2.75) is 19.5 Å². The second-order valence-corrected chi connectivity index (χ2v) is 4.14. The van der Waals surface area contributed by atoms with Gasteiger partial charge >= 0.3 is 5.97 Å². The molecule has 0 aromatic carbocycles. The highest BCUT2D eigenvalue weighted by Crippen LogP contribution is 2.36. The van der Waals surface area contributed by atoms with Gasteiger partial charge in [-0.3, -0.25) is 4.79 Å². The standard InChI is InChI=1S/C7H11FO2S/c1-7(6(9)10)4-11-3-2-5(7)8/h5H,2-4H2,1H3,(H,9,10). The van der Waals surface area contributed by atoms with Crippen molar-refractivity contribution in [2.75, 3.05) is 11.5 Å². The number of hydrogen-bond donors (Lipinski definition) is 1. The summed E-state index contributed by atoms with van der Waals surface area (Å²) >= 11 is 1.51. The minimum absolute atomic E-state index is 0.369. The first-order valence-electron chi connectivity index (χ1n) is 3.52. The number of thioether (sulfide) groups is 1. The molecule has 0 saturated carbocycles. The number of rotatable bonds is 1. The molecule has 1 heterocycles. The van der Waals surface area contributed by atoms with Gasteiger partial charge in [-0.25, -0.2) is 4.39 Å². The van der Waals surface area contributed by atoms with Gasteiger partial charge in [0.15, 0.2) is 0 Å². The second kappa shape index (κ2) is 3.01. The number of carboxylic acids is 1. The molecule has 4 heteroatoms. The summed E-state index contributed by atoms with van der Waals surface area (Å²) in [6.07, 6.45) is -0.811. The fourth-order valence-electron chi connectivity index (χ4n) is 1.08. The first kappa shape index (κ1) is 8.84. The van der Waals surface area contributed by atoms with E-state index < -0.39 is 17.6 Å². The summed E-state index contributed by atoms with van der Waals surface area (Å²) in [5.74, 6) is 0.116. The summed E-state index contributed by atoms with van der Waals surface area (Å²) in [5, 5.41) is 8.71. The van der Waals surface area contributed by atoms with E-state index in [1.807, 2.05) is 0 Å². The number of carboxylic acid groups (broad SMARTS) is 1. The van der Waals surface area contributed by atoms with Crippen LogP contribution in [0.2, 0.25) is 0 Å². The summed E-state index contributed by atoms with van der Waals surface area (Å²) in [6.45, 7) is 1.48. The van der Waals surface area contributed by atoms with E-state index in [9.17, 15) is 9.18 Å². The molecule has 0 aromatic heterocycles. The number of aliphatic carboxylic acids is 1. The lowest BCUT2D eigenvalue weighted by Gasteiger charge is -2.32. The Hall–Kier alpha value is -0.250. The van der Waals surface area contributed by atoms with E-state index in [0.717, 1.165) is 5.75 Å². The molecule has 1 N–H and O–H groups in total. The minimum atomic E-state index is -1.18. The molecule has 0 aliphatic carbocycles. The zero-order valence-corrected chi connectivity index (χ0v) is 7.16. The summed E-state index contributed by atoms with van der Waals surface area (Å²) in [6, 6.07) is 0. The largest absolute Gasteiger partial charge is 0.481 e. The van der Waals surface area contributed by atoms with E-state index in [4.69, 9.17) is 5.11 Å². The van der Waals surface area contributed by atoms with E-state index in [1.54, 1.807) is 0 Å². The van der Waals surface area contributed by atoms with Gasteiger partial charge in [-0.15, -0.1) is 0 Å². The van der Waals surface area contributed by atoms with Gasteiger partial charge in [0.05, 0.1) is 0 Å². The molecule has 0 spiro atoms. The average molecular weight is 178 g/mol. The van der Waals surface area contributed by atoms with Crippen LogP contribution in [0.4, 0.5) is 4.39 Å². The highest BCUT2D eigenvalue weighted by Gasteiger charge is 2.44. The van der Waals surface area contributed by atoms with Crippen LogP contribution in [0.25, 0.3) is 0 Å². The molecule has 0 radical (unpaired) electrons. The number of halogens is 1. The Morgan fingerprint density at radius 1 is 1.82 bits per heavy atom. The van der Waals surface area contributed by atoms with Crippen LogP contribution in [0, 0.1) is 5.41 Å². The molecule has 11 heavy (non-hydrogen) atoms. The molecule has 2 atom stereocenters. The first-order chi connectivity index (χ1) is 5.07. The lowest BCUT2D eigenvalue weighted by molar-refractivity contribution is -0.150. The van der Waals surface area contributed by atoms with Gasteiger partial charge in [-0.1, -0.05) is 0 Å². The number of carbonyl (C=O) groups is 1. The molecule has 1 aliphatic heterocycles. The van der Waals surface area contributed by atoms with Crippen molar-refractivity contribution in [3.63, 3.8) is 0 Å².